The maximum absolute atomic E-state index is 9.79. The fraction of sp³-hybridized carbons (Fsp3) is 0.800. The van der Waals surface area contributed by atoms with Gasteiger partial charge in [0, 0.05) is 12.8 Å². The third-order valence-corrected chi connectivity index (χ3v) is 1.49. The first-order chi connectivity index (χ1) is 6.54. The lowest BCUT2D eigenvalue weighted by Gasteiger charge is -1.89. The molecule has 0 fully saturated rings. The molecule has 0 amide bonds. The minimum Gasteiger partial charge on any atom is -0.481 e. The Labute approximate surface area is 84.9 Å². The second-order valence-electron chi connectivity index (χ2n) is 2.99. The topological polar surface area (TPSA) is 74.6 Å². The molecule has 0 heterocycles. The third kappa shape index (κ3) is 22.4. The highest BCUT2D eigenvalue weighted by Gasteiger charge is 1.99. The van der Waals surface area contributed by atoms with Crippen LogP contribution in [0.2, 0.25) is 0 Å². The lowest BCUT2D eigenvalue weighted by Crippen LogP contribution is -1.98. The van der Waals surface area contributed by atoms with Gasteiger partial charge in [0.05, 0.1) is 0 Å². The molecule has 0 radical (unpaired) electrons. The van der Waals surface area contributed by atoms with Crippen molar-refractivity contribution in [3.8, 4) is 0 Å². The van der Waals surface area contributed by atoms with E-state index in [0.717, 1.165) is 0 Å². The molecule has 84 valence electrons. The zero-order valence-electron chi connectivity index (χ0n) is 8.95. The van der Waals surface area contributed by atoms with Gasteiger partial charge in [0.15, 0.2) is 0 Å². The van der Waals surface area contributed by atoms with Gasteiger partial charge in [-0.3, -0.25) is 9.59 Å². The maximum atomic E-state index is 9.79. The number of rotatable bonds is 6. The van der Waals surface area contributed by atoms with Crippen LogP contribution in [-0.4, -0.2) is 22.2 Å². The number of aliphatic carboxylic acids is 2. The summed E-state index contributed by atoms with van der Waals surface area (Å²) in [6.45, 7) is 4.42. The zero-order chi connectivity index (χ0) is 11.4. The molecule has 0 rings (SSSR count). The molecule has 0 aromatic carbocycles. The standard InChI is InChI=1S/C5H8O4.C5H12/c6-4(7)2-1-3-5(8)9;1-3-5-4-2/h1-3H2,(H,6,7)(H,8,9);3-5H2,1-2H3. The minimum absolute atomic E-state index is 0.0632. The molecule has 0 saturated carbocycles. The molecule has 0 aliphatic heterocycles. The van der Waals surface area contributed by atoms with Gasteiger partial charge in [-0.25, -0.2) is 0 Å². The van der Waals surface area contributed by atoms with Crippen LogP contribution in [0, 0.1) is 0 Å². The van der Waals surface area contributed by atoms with Gasteiger partial charge in [-0.2, -0.15) is 0 Å². The van der Waals surface area contributed by atoms with Crippen molar-refractivity contribution in [2.45, 2.75) is 52.4 Å². The first kappa shape index (κ1) is 15.4. The van der Waals surface area contributed by atoms with Gasteiger partial charge in [0.25, 0.3) is 0 Å². The number of carboxylic acid groups (broad SMARTS) is 2. The van der Waals surface area contributed by atoms with Crippen LogP contribution in [-0.2, 0) is 9.59 Å². The summed E-state index contributed by atoms with van der Waals surface area (Å²) in [4.78, 5) is 19.6. The van der Waals surface area contributed by atoms with Gasteiger partial charge < -0.3 is 10.2 Å². The van der Waals surface area contributed by atoms with Gasteiger partial charge in [-0.05, 0) is 6.42 Å². The molecule has 0 atom stereocenters. The average molecular weight is 204 g/mol. The van der Waals surface area contributed by atoms with E-state index in [1.165, 1.54) is 19.3 Å². The second-order valence-corrected chi connectivity index (χ2v) is 2.99. The van der Waals surface area contributed by atoms with Gasteiger partial charge in [0.1, 0.15) is 0 Å². The van der Waals surface area contributed by atoms with Crippen molar-refractivity contribution in [1.29, 1.82) is 0 Å². The highest BCUT2D eigenvalue weighted by atomic mass is 16.4. The van der Waals surface area contributed by atoms with Gasteiger partial charge >= 0.3 is 11.9 Å². The summed E-state index contributed by atoms with van der Waals surface area (Å²) in [6, 6.07) is 0. The van der Waals surface area contributed by atoms with Crippen LogP contribution in [0.25, 0.3) is 0 Å². The van der Waals surface area contributed by atoms with Gasteiger partial charge in [0.2, 0.25) is 0 Å². The predicted molar refractivity (Wildman–Crippen MR) is 54.3 cm³/mol. The highest BCUT2D eigenvalue weighted by molar-refractivity contribution is 5.69. The smallest absolute Gasteiger partial charge is 0.303 e. The lowest BCUT2D eigenvalue weighted by atomic mass is 10.2. The van der Waals surface area contributed by atoms with E-state index in [0.29, 0.717) is 0 Å². The van der Waals surface area contributed by atoms with Crippen molar-refractivity contribution in [3.05, 3.63) is 0 Å². The van der Waals surface area contributed by atoms with E-state index in [1.54, 1.807) is 0 Å². The van der Waals surface area contributed by atoms with Crippen LogP contribution < -0.4 is 0 Å². The van der Waals surface area contributed by atoms with Crippen molar-refractivity contribution in [2.24, 2.45) is 0 Å². The molecule has 0 saturated heterocycles. The normalized spacial score (nSPS) is 8.71. The molecule has 0 unspecified atom stereocenters. The molecule has 4 heteroatoms. The van der Waals surface area contributed by atoms with Crippen molar-refractivity contribution >= 4 is 11.9 Å². The summed E-state index contributed by atoms with van der Waals surface area (Å²) in [5, 5.41) is 16.1. The predicted octanol–water partition coefficient (Wildman–Crippen LogP) is 2.52. The minimum atomic E-state index is -0.948. The van der Waals surface area contributed by atoms with Crippen LogP contribution in [0.4, 0.5) is 0 Å². The van der Waals surface area contributed by atoms with Gasteiger partial charge in [-0.15, -0.1) is 0 Å². The van der Waals surface area contributed by atoms with Crippen LogP contribution >= 0.6 is 0 Å². The Balaban J connectivity index is 0. The molecule has 0 aliphatic rings. The Hall–Kier alpha value is -1.06. The molecular formula is C10H20O4. The summed E-state index contributed by atoms with van der Waals surface area (Å²) in [5.74, 6) is -1.90. The maximum Gasteiger partial charge on any atom is 0.303 e. The van der Waals surface area contributed by atoms with Crippen molar-refractivity contribution in [3.63, 3.8) is 0 Å². The third-order valence-electron chi connectivity index (χ3n) is 1.49. The van der Waals surface area contributed by atoms with Crippen LogP contribution in [0.15, 0.2) is 0 Å². The quantitative estimate of drug-likeness (QED) is 0.697. The van der Waals surface area contributed by atoms with E-state index in [1.807, 2.05) is 0 Å². The largest absolute Gasteiger partial charge is 0.481 e. The zero-order valence-corrected chi connectivity index (χ0v) is 8.95. The SMILES string of the molecule is CCCCC.O=C(O)CCCC(=O)O. The fourth-order valence-corrected chi connectivity index (χ4v) is 0.744. The highest BCUT2D eigenvalue weighted by Crippen LogP contribution is 1.93. The molecular weight excluding hydrogens is 184 g/mol. The average Bonchev–Trinajstić information content (AvgIpc) is 2.05. The number of carboxylic acids is 2. The summed E-state index contributed by atoms with van der Waals surface area (Å²) in [5.41, 5.74) is 0. The first-order valence-electron chi connectivity index (χ1n) is 4.98. The molecule has 4 nitrogen and oxygen atoms in total. The molecule has 0 aliphatic carbocycles. The Bertz CT molecular complexity index is 138. The number of carbonyl (C=O) groups is 2. The van der Waals surface area contributed by atoms with E-state index in [2.05, 4.69) is 13.8 Å². The van der Waals surface area contributed by atoms with Gasteiger partial charge in [-0.1, -0.05) is 33.1 Å². The van der Waals surface area contributed by atoms with Crippen molar-refractivity contribution in [1.82, 2.24) is 0 Å². The Morgan fingerprint density at radius 2 is 1.21 bits per heavy atom. The number of unbranched alkanes of at least 4 members (excludes halogenated alkanes) is 2. The van der Waals surface area contributed by atoms with E-state index < -0.39 is 11.9 Å². The van der Waals surface area contributed by atoms with Crippen molar-refractivity contribution < 1.29 is 19.8 Å². The summed E-state index contributed by atoms with van der Waals surface area (Å²) in [6.07, 6.45) is 4.16. The Kier molecular flexibility index (Phi) is 13.1. The van der Waals surface area contributed by atoms with Crippen molar-refractivity contribution in [2.75, 3.05) is 0 Å². The molecule has 0 spiro atoms. The van der Waals surface area contributed by atoms with Crippen LogP contribution in [0.5, 0.6) is 0 Å². The van der Waals surface area contributed by atoms with E-state index in [9.17, 15) is 9.59 Å². The molecule has 2 N–H and O–H groups in total. The van der Waals surface area contributed by atoms with Crippen LogP contribution in [0.1, 0.15) is 52.4 Å². The number of hydrogen-bond acceptors (Lipinski definition) is 2. The summed E-state index contributed by atoms with van der Waals surface area (Å²) >= 11 is 0. The molecule has 0 aromatic rings. The fourth-order valence-electron chi connectivity index (χ4n) is 0.744. The summed E-state index contributed by atoms with van der Waals surface area (Å²) < 4.78 is 0. The Morgan fingerprint density at radius 1 is 0.857 bits per heavy atom. The number of hydrogen-bond donors (Lipinski definition) is 2. The Morgan fingerprint density at radius 3 is 1.36 bits per heavy atom. The van der Waals surface area contributed by atoms with E-state index in [4.69, 9.17) is 10.2 Å². The monoisotopic (exact) mass is 204 g/mol. The molecule has 14 heavy (non-hydrogen) atoms. The lowest BCUT2D eigenvalue weighted by molar-refractivity contribution is -0.138. The molecule has 0 aromatic heterocycles. The van der Waals surface area contributed by atoms with Crippen LogP contribution in [0.3, 0.4) is 0 Å². The van der Waals surface area contributed by atoms with E-state index >= 15 is 0 Å². The second kappa shape index (κ2) is 11.9. The van der Waals surface area contributed by atoms with E-state index in [-0.39, 0.29) is 19.3 Å². The molecule has 0 bridgehead atoms. The summed E-state index contributed by atoms with van der Waals surface area (Å²) in [7, 11) is 0. The first-order valence-corrected chi connectivity index (χ1v) is 4.98.